The topological polar surface area (TPSA) is 34.8 Å². The lowest BCUT2D eigenvalue weighted by atomic mass is 10.2. The summed E-state index contributed by atoms with van der Waals surface area (Å²) in [5, 5.41) is 7.75. The maximum Gasteiger partial charge on any atom is 0.0825 e. The summed E-state index contributed by atoms with van der Waals surface area (Å²) in [6.45, 7) is 7.15. The fourth-order valence-corrected chi connectivity index (χ4v) is 2.08. The van der Waals surface area contributed by atoms with Crippen molar-refractivity contribution in [2.45, 2.75) is 27.3 Å². The van der Waals surface area contributed by atoms with E-state index in [2.05, 4.69) is 41.9 Å². The molecule has 0 aliphatic heterocycles. The van der Waals surface area contributed by atoms with Gasteiger partial charge in [-0.15, -0.1) is 0 Å². The minimum absolute atomic E-state index is 0.847. The van der Waals surface area contributed by atoms with Gasteiger partial charge in [0.25, 0.3) is 0 Å². The van der Waals surface area contributed by atoms with Crippen molar-refractivity contribution in [3.8, 4) is 0 Å². The van der Waals surface area contributed by atoms with E-state index >= 15 is 0 Å². The number of rotatable bonds is 3. The summed E-state index contributed by atoms with van der Waals surface area (Å²) in [6.07, 6.45) is 2.01. The second kappa shape index (κ2) is 4.28. The predicted molar refractivity (Wildman–Crippen MR) is 70.2 cm³/mol. The van der Waals surface area contributed by atoms with Crippen LogP contribution in [0.2, 0.25) is 0 Å². The molecular weight excluding hydrogens is 212 g/mol. The zero-order valence-corrected chi connectivity index (χ0v) is 11.2. The molecule has 4 heteroatoms. The number of hydrogen-bond acceptors (Lipinski definition) is 2. The van der Waals surface area contributed by atoms with Crippen molar-refractivity contribution in [3.63, 3.8) is 0 Å². The molecule has 0 fully saturated rings. The Morgan fingerprint density at radius 2 is 1.94 bits per heavy atom. The normalized spacial score (nSPS) is 10.9. The van der Waals surface area contributed by atoms with Crippen LogP contribution in [-0.2, 0) is 20.6 Å². The van der Waals surface area contributed by atoms with Crippen LogP contribution >= 0.6 is 0 Å². The van der Waals surface area contributed by atoms with Crippen molar-refractivity contribution in [2.24, 2.45) is 14.1 Å². The van der Waals surface area contributed by atoms with Gasteiger partial charge in [-0.05, 0) is 32.4 Å². The molecule has 2 aromatic heterocycles. The van der Waals surface area contributed by atoms with Crippen LogP contribution in [0.15, 0.2) is 12.3 Å². The van der Waals surface area contributed by atoms with Crippen molar-refractivity contribution >= 4 is 5.69 Å². The van der Waals surface area contributed by atoms with Gasteiger partial charge in [0.05, 0.1) is 11.4 Å². The fourth-order valence-electron chi connectivity index (χ4n) is 2.08. The van der Waals surface area contributed by atoms with Gasteiger partial charge >= 0.3 is 0 Å². The van der Waals surface area contributed by atoms with Crippen molar-refractivity contribution < 1.29 is 0 Å². The molecule has 2 aromatic rings. The lowest BCUT2D eigenvalue weighted by molar-refractivity contribution is 0.756. The fraction of sp³-hybridized carbons (Fsp3) is 0.462. The van der Waals surface area contributed by atoms with E-state index in [4.69, 9.17) is 0 Å². The number of nitrogens with one attached hydrogen (secondary N) is 1. The second-order valence-corrected chi connectivity index (χ2v) is 4.61. The minimum atomic E-state index is 0.847. The van der Waals surface area contributed by atoms with Crippen LogP contribution < -0.4 is 5.32 Å². The summed E-state index contributed by atoms with van der Waals surface area (Å²) in [5.41, 5.74) is 6.10. The van der Waals surface area contributed by atoms with Crippen LogP contribution in [0.3, 0.4) is 0 Å². The third-order valence-electron chi connectivity index (χ3n) is 3.36. The van der Waals surface area contributed by atoms with Crippen LogP contribution in [0.25, 0.3) is 0 Å². The van der Waals surface area contributed by atoms with E-state index in [1.54, 1.807) is 0 Å². The molecule has 2 rings (SSSR count). The Balaban J connectivity index is 2.12. The Kier molecular flexibility index (Phi) is 2.96. The van der Waals surface area contributed by atoms with Crippen LogP contribution in [0.4, 0.5) is 5.69 Å². The molecule has 92 valence electrons. The summed E-state index contributed by atoms with van der Waals surface area (Å²) in [5.74, 6) is 0. The quantitative estimate of drug-likeness (QED) is 0.881. The molecular formula is C13H20N4. The van der Waals surface area contributed by atoms with E-state index in [1.807, 2.05) is 24.9 Å². The van der Waals surface area contributed by atoms with E-state index in [0.717, 1.165) is 17.9 Å². The Labute approximate surface area is 102 Å². The van der Waals surface area contributed by atoms with Gasteiger partial charge in [-0.2, -0.15) is 5.10 Å². The molecule has 0 bridgehead atoms. The van der Waals surface area contributed by atoms with E-state index in [0.29, 0.717) is 0 Å². The molecule has 0 aliphatic rings. The van der Waals surface area contributed by atoms with Crippen LogP contribution in [0.1, 0.15) is 22.6 Å². The Morgan fingerprint density at radius 1 is 1.24 bits per heavy atom. The third-order valence-corrected chi connectivity index (χ3v) is 3.36. The zero-order chi connectivity index (χ0) is 12.6. The van der Waals surface area contributed by atoms with Gasteiger partial charge in [0.1, 0.15) is 0 Å². The van der Waals surface area contributed by atoms with Crippen molar-refractivity contribution in [1.82, 2.24) is 14.3 Å². The summed E-state index contributed by atoms with van der Waals surface area (Å²) in [7, 11) is 4.04. The molecule has 0 atom stereocenters. The van der Waals surface area contributed by atoms with Gasteiger partial charge in [0.15, 0.2) is 0 Å². The number of hydrogen-bond donors (Lipinski definition) is 1. The van der Waals surface area contributed by atoms with Crippen LogP contribution in [0, 0.1) is 20.8 Å². The minimum Gasteiger partial charge on any atom is -0.378 e. The molecule has 17 heavy (non-hydrogen) atoms. The molecule has 0 saturated carbocycles. The van der Waals surface area contributed by atoms with E-state index in [9.17, 15) is 0 Å². The number of aromatic nitrogens is 3. The number of aryl methyl sites for hydroxylation is 3. The van der Waals surface area contributed by atoms with Gasteiger partial charge in [-0.25, -0.2) is 0 Å². The van der Waals surface area contributed by atoms with Gasteiger partial charge in [-0.3, -0.25) is 4.68 Å². The first-order chi connectivity index (χ1) is 7.99. The summed E-state index contributed by atoms with van der Waals surface area (Å²) in [6, 6.07) is 2.23. The first-order valence-corrected chi connectivity index (χ1v) is 5.85. The molecule has 2 heterocycles. The maximum atomic E-state index is 4.32. The molecule has 0 unspecified atom stereocenters. The highest BCUT2D eigenvalue weighted by molar-refractivity contribution is 5.46. The summed E-state index contributed by atoms with van der Waals surface area (Å²) in [4.78, 5) is 0. The highest BCUT2D eigenvalue weighted by Crippen LogP contribution is 2.17. The largest absolute Gasteiger partial charge is 0.378 e. The van der Waals surface area contributed by atoms with Gasteiger partial charge in [0, 0.05) is 38.2 Å². The van der Waals surface area contributed by atoms with Crippen LogP contribution in [-0.4, -0.2) is 14.3 Å². The highest BCUT2D eigenvalue weighted by atomic mass is 15.3. The second-order valence-electron chi connectivity index (χ2n) is 4.61. The first kappa shape index (κ1) is 11.8. The molecule has 0 radical (unpaired) electrons. The average Bonchev–Trinajstić information content (AvgIpc) is 2.71. The predicted octanol–water partition coefficient (Wildman–Crippen LogP) is 2.30. The first-order valence-electron chi connectivity index (χ1n) is 5.85. The van der Waals surface area contributed by atoms with E-state index < -0.39 is 0 Å². The number of nitrogens with zero attached hydrogens (tertiary/aromatic N) is 3. The van der Waals surface area contributed by atoms with Gasteiger partial charge < -0.3 is 9.88 Å². The molecule has 0 aliphatic carbocycles. The lowest BCUT2D eigenvalue weighted by Gasteiger charge is -2.05. The van der Waals surface area contributed by atoms with Crippen molar-refractivity contribution in [2.75, 3.05) is 5.32 Å². The van der Waals surface area contributed by atoms with E-state index in [1.165, 1.54) is 17.0 Å². The summed E-state index contributed by atoms with van der Waals surface area (Å²) >= 11 is 0. The Hall–Kier alpha value is -1.71. The standard InChI is InChI=1S/C13H20N4/c1-9-6-12(11(3)17(9)5)7-14-13-8-16(4)15-10(13)2/h6,8,14H,7H2,1-5H3. The Bertz CT molecular complexity index is 534. The summed E-state index contributed by atoms with van der Waals surface area (Å²) < 4.78 is 4.05. The SMILES string of the molecule is Cc1nn(C)cc1NCc1cc(C)n(C)c1C. The molecule has 4 nitrogen and oxygen atoms in total. The smallest absolute Gasteiger partial charge is 0.0825 e. The maximum absolute atomic E-state index is 4.32. The lowest BCUT2D eigenvalue weighted by Crippen LogP contribution is -2.01. The monoisotopic (exact) mass is 232 g/mol. The number of anilines is 1. The van der Waals surface area contributed by atoms with E-state index in [-0.39, 0.29) is 0 Å². The zero-order valence-electron chi connectivity index (χ0n) is 11.2. The molecule has 0 aromatic carbocycles. The molecule has 1 N–H and O–H groups in total. The van der Waals surface area contributed by atoms with Gasteiger partial charge in [-0.1, -0.05) is 0 Å². The van der Waals surface area contributed by atoms with Crippen molar-refractivity contribution in [3.05, 3.63) is 34.9 Å². The molecule has 0 amide bonds. The van der Waals surface area contributed by atoms with Crippen LogP contribution in [0.5, 0.6) is 0 Å². The highest BCUT2D eigenvalue weighted by Gasteiger charge is 2.07. The molecule has 0 spiro atoms. The third kappa shape index (κ3) is 2.20. The Morgan fingerprint density at radius 3 is 2.41 bits per heavy atom. The average molecular weight is 232 g/mol. The van der Waals surface area contributed by atoms with Crippen molar-refractivity contribution in [1.29, 1.82) is 0 Å². The molecule has 0 saturated heterocycles. The van der Waals surface area contributed by atoms with Gasteiger partial charge in [0.2, 0.25) is 0 Å².